The summed E-state index contributed by atoms with van der Waals surface area (Å²) in [7, 11) is 0. The molecule has 0 atom stereocenters. The molecule has 0 unspecified atom stereocenters. The van der Waals surface area contributed by atoms with Crippen molar-refractivity contribution in [2.45, 2.75) is 6.92 Å². The van der Waals surface area contributed by atoms with Crippen molar-refractivity contribution >= 4 is 17.1 Å². The maximum Gasteiger partial charge on any atom is 0.336 e. The molecule has 0 aliphatic carbocycles. The number of hydrogen-bond acceptors (Lipinski definition) is 5. The van der Waals surface area contributed by atoms with Gasteiger partial charge in [-0.1, -0.05) is 24.3 Å². The van der Waals surface area contributed by atoms with Gasteiger partial charge in [-0.2, -0.15) is 0 Å². The van der Waals surface area contributed by atoms with E-state index in [-0.39, 0.29) is 16.6 Å². The molecule has 0 aliphatic heterocycles. The van der Waals surface area contributed by atoms with Gasteiger partial charge in [-0.15, -0.1) is 0 Å². The highest BCUT2D eigenvalue weighted by Crippen LogP contribution is 2.34. The quantitative estimate of drug-likeness (QED) is 0.492. The Morgan fingerprint density at radius 3 is 2.79 bits per heavy atom. The van der Waals surface area contributed by atoms with Gasteiger partial charge in [0.2, 0.25) is 0 Å². The molecule has 0 radical (unpaired) electrons. The van der Waals surface area contributed by atoms with Crippen LogP contribution in [0.1, 0.15) is 17.3 Å². The lowest BCUT2D eigenvalue weighted by Gasteiger charge is -2.13. The normalized spacial score (nSPS) is 10.9. The van der Waals surface area contributed by atoms with Gasteiger partial charge in [-0.25, -0.2) is 14.8 Å². The molecule has 2 heterocycles. The van der Waals surface area contributed by atoms with Crippen LogP contribution >= 0.6 is 0 Å². The number of aromatic carboxylic acids is 1. The zero-order valence-electron chi connectivity index (χ0n) is 14.9. The third-order valence-corrected chi connectivity index (χ3v) is 4.29. The molecule has 0 amide bonds. The van der Waals surface area contributed by atoms with E-state index in [0.29, 0.717) is 40.5 Å². The minimum atomic E-state index is -1.01. The number of ether oxygens (including phenoxy) is 1. The zero-order chi connectivity index (χ0) is 19.7. The fourth-order valence-electron chi connectivity index (χ4n) is 3.05. The van der Waals surface area contributed by atoms with E-state index in [1.807, 2.05) is 6.92 Å². The first-order chi connectivity index (χ1) is 13.6. The number of carboxylic acid groups (broad SMARTS) is 1. The minimum absolute atomic E-state index is 0.197. The Morgan fingerprint density at radius 2 is 2.00 bits per heavy atom. The van der Waals surface area contributed by atoms with Gasteiger partial charge >= 0.3 is 5.97 Å². The fraction of sp³-hybridized carbons (Fsp3) is 0.100. The first kappa shape index (κ1) is 17.5. The maximum absolute atomic E-state index is 12.2. The molecule has 2 aromatic heterocycles. The van der Waals surface area contributed by atoms with Crippen molar-refractivity contribution in [3.63, 3.8) is 0 Å². The molecule has 2 aromatic carbocycles. The molecule has 4 rings (SSSR count). The van der Waals surface area contributed by atoms with Gasteiger partial charge in [-0.3, -0.25) is 4.79 Å². The molecule has 8 nitrogen and oxygen atoms in total. The average molecular weight is 376 g/mol. The largest absolute Gasteiger partial charge is 0.493 e. The molecular weight excluding hydrogens is 360 g/mol. The highest BCUT2D eigenvalue weighted by Gasteiger charge is 2.16. The summed E-state index contributed by atoms with van der Waals surface area (Å²) in [5.74, 6) is -0.182. The third kappa shape index (κ3) is 3.01. The number of aromatic nitrogens is 4. The summed E-state index contributed by atoms with van der Waals surface area (Å²) < 4.78 is 5.75. The van der Waals surface area contributed by atoms with Gasteiger partial charge < -0.3 is 19.8 Å². The van der Waals surface area contributed by atoms with Crippen molar-refractivity contribution in [1.29, 1.82) is 0 Å². The van der Waals surface area contributed by atoms with Crippen molar-refractivity contribution in [2.24, 2.45) is 0 Å². The number of carbonyl (C=O) groups is 1. The number of H-pyrrole nitrogens is 2. The van der Waals surface area contributed by atoms with E-state index < -0.39 is 5.97 Å². The molecule has 0 aliphatic rings. The number of rotatable bonds is 5. The second-order valence-electron chi connectivity index (χ2n) is 6.01. The van der Waals surface area contributed by atoms with E-state index in [1.165, 1.54) is 6.33 Å². The van der Waals surface area contributed by atoms with Crippen LogP contribution in [0.25, 0.3) is 33.7 Å². The molecule has 3 N–H and O–H groups in total. The first-order valence-corrected chi connectivity index (χ1v) is 8.61. The molecule has 4 aromatic rings. The molecule has 0 saturated carbocycles. The number of fused-ring (bicyclic) bond motifs is 1. The van der Waals surface area contributed by atoms with Crippen LogP contribution in [0.4, 0.5) is 0 Å². The van der Waals surface area contributed by atoms with Gasteiger partial charge in [0.25, 0.3) is 5.56 Å². The summed E-state index contributed by atoms with van der Waals surface area (Å²) in [5, 5.41) is 9.45. The first-order valence-electron chi connectivity index (χ1n) is 8.61. The second kappa shape index (κ2) is 6.99. The van der Waals surface area contributed by atoms with Crippen LogP contribution in [0.3, 0.4) is 0 Å². The molecule has 140 valence electrons. The van der Waals surface area contributed by atoms with E-state index in [0.717, 1.165) is 0 Å². The van der Waals surface area contributed by atoms with Gasteiger partial charge in [0.1, 0.15) is 11.6 Å². The van der Waals surface area contributed by atoms with E-state index >= 15 is 0 Å². The van der Waals surface area contributed by atoms with Crippen LogP contribution in [0.15, 0.2) is 53.6 Å². The molecular formula is C20H16N4O4. The number of imidazole rings is 1. The highest BCUT2D eigenvalue weighted by molar-refractivity contribution is 5.96. The summed E-state index contributed by atoms with van der Waals surface area (Å²) in [6.07, 6.45) is 1.41. The van der Waals surface area contributed by atoms with E-state index in [2.05, 4.69) is 19.9 Å². The summed E-state index contributed by atoms with van der Waals surface area (Å²) in [6.45, 7) is 2.24. The van der Waals surface area contributed by atoms with Crippen LogP contribution in [-0.4, -0.2) is 37.6 Å². The lowest BCUT2D eigenvalue weighted by Crippen LogP contribution is -2.10. The Labute approximate surface area is 158 Å². The average Bonchev–Trinajstić information content (AvgIpc) is 3.17. The summed E-state index contributed by atoms with van der Waals surface area (Å²) in [4.78, 5) is 37.7. The second-order valence-corrected chi connectivity index (χ2v) is 6.01. The Kier molecular flexibility index (Phi) is 4.36. The van der Waals surface area contributed by atoms with Crippen molar-refractivity contribution in [1.82, 2.24) is 19.9 Å². The number of nitrogens with zero attached hydrogens (tertiary/aromatic N) is 2. The van der Waals surface area contributed by atoms with Gasteiger partial charge in [-0.05, 0) is 36.2 Å². The number of aromatic amines is 2. The Balaban J connectivity index is 1.88. The van der Waals surface area contributed by atoms with Gasteiger partial charge in [0, 0.05) is 0 Å². The van der Waals surface area contributed by atoms with Gasteiger partial charge in [0.05, 0.1) is 24.1 Å². The molecule has 0 bridgehead atoms. The number of nitrogens with one attached hydrogen (secondary N) is 2. The Hall–Kier alpha value is -3.94. The van der Waals surface area contributed by atoms with Crippen LogP contribution in [0.5, 0.6) is 5.75 Å². The minimum Gasteiger partial charge on any atom is -0.493 e. The number of carboxylic acids is 1. The summed E-state index contributed by atoms with van der Waals surface area (Å²) >= 11 is 0. The fourth-order valence-corrected chi connectivity index (χ4v) is 3.05. The zero-order valence-corrected chi connectivity index (χ0v) is 14.9. The van der Waals surface area contributed by atoms with Crippen molar-refractivity contribution in [2.75, 3.05) is 6.61 Å². The predicted octanol–water partition coefficient (Wildman–Crippen LogP) is 3.08. The van der Waals surface area contributed by atoms with E-state index in [4.69, 9.17) is 4.74 Å². The van der Waals surface area contributed by atoms with Crippen LogP contribution in [0.2, 0.25) is 0 Å². The topological polar surface area (TPSA) is 121 Å². The SMILES string of the molecule is CCOc1cc(-c2ccccc2C(=O)O)ccc1-c1nc2[nH]cnc2c(=O)[nH]1. The number of hydrogen-bond donors (Lipinski definition) is 3. The summed E-state index contributed by atoms with van der Waals surface area (Å²) in [6, 6.07) is 12.0. The highest BCUT2D eigenvalue weighted by atomic mass is 16.5. The monoisotopic (exact) mass is 376 g/mol. The molecule has 28 heavy (non-hydrogen) atoms. The molecule has 8 heteroatoms. The van der Waals surface area contributed by atoms with E-state index in [9.17, 15) is 14.7 Å². The summed E-state index contributed by atoms with van der Waals surface area (Å²) in [5.41, 5.74) is 2.30. The smallest absolute Gasteiger partial charge is 0.336 e. The molecule has 0 saturated heterocycles. The lowest BCUT2D eigenvalue weighted by atomic mass is 9.98. The van der Waals surface area contributed by atoms with Gasteiger partial charge in [0.15, 0.2) is 11.2 Å². The third-order valence-electron chi connectivity index (χ3n) is 4.29. The Morgan fingerprint density at radius 1 is 1.18 bits per heavy atom. The predicted molar refractivity (Wildman–Crippen MR) is 104 cm³/mol. The number of benzene rings is 2. The van der Waals surface area contributed by atoms with E-state index in [1.54, 1.807) is 42.5 Å². The lowest BCUT2D eigenvalue weighted by molar-refractivity contribution is 0.0697. The standard InChI is InChI=1S/C20H16N4O4/c1-2-28-15-9-11(12-5-3-4-6-13(12)20(26)27)7-8-14(15)17-23-18-16(19(25)24-17)21-10-22-18/h3-10H,2H2,1H3,(H,26,27)(H2,21,22,23,24,25). The molecule has 0 spiro atoms. The van der Waals surface area contributed by atoms with Crippen LogP contribution in [0, 0.1) is 0 Å². The molecule has 0 fully saturated rings. The van der Waals surface area contributed by atoms with Crippen molar-refractivity contribution < 1.29 is 14.6 Å². The van der Waals surface area contributed by atoms with Crippen LogP contribution in [-0.2, 0) is 0 Å². The maximum atomic E-state index is 12.2. The Bertz CT molecular complexity index is 1240. The van der Waals surface area contributed by atoms with Crippen molar-refractivity contribution in [3.05, 3.63) is 64.7 Å². The van der Waals surface area contributed by atoms with Crippen molar-refractivity contribution in [3.8, 4) is 28.3 Å². The van der Waals surface area contributed by atoms with Crippen LogP contribution < -0.4 is 10.3 Å².